The number of rotatable bonds is 1. The summed E-state index contributed by atoms with van der Waals surface area (Å²) < 4.78 is 0. The number of anilines is 1. The average molecular weight is 314 g/mol. The lowest BCUT2D eigenvalue weighted by molar-refractivity contribution is 0.393. The van der Waals surface area contributed by atoms with Crippen LogP contribution in [0, 0.1) is 11.3 Å². The molecule has 2 aliphatic heterocycles. The lowest BCUT2D eigenvalue weighted by Crippen LogP contribution is -2.52. The van der Waals surface area contributed by atoms with E-state index in [0.29, 0.717) is 0 Å². The van der Waals surface area contributed by atoms with E-state index in [1.807, 2.05) is 24.3 Å². The van der Waals surface area contributed by atoms with Gasteiger partial charge in [0.25, 0.3) is 0 Å². The fourth-order valence-corrected chi connectivity index (χ4v) is 4.50. The zero-order valence-corrected chi connectivity index (χ0v) is 13.4. The van der Waals surface area contributed by atoms with E-state index in [4.69, 9.17) is 4.98 Å². The van der Waals surface area contributed by atoms with E-state index < -0.39 is 5.41 Å². The van der Waals surface area contributed by atoms with Gasteiger partial charge in [0.05, 0.1) is 23.1 Å². The number of hydrogen-bond donors (Lipinski definition) is 1. The van der Waals surface area contributed by atoms with Crippen molar-refractivity contribution < 1.29 is 0 Å². The molecule has 2 aliphatic rings. The Morgan fingerprint density at radius 1 is 1.17 bits per heavy atom. The smallest absolute Gasteiger partial charge is 0.139 e. The predicted octanol–water partition coefficient (Wildman–Crippen LogP) is 3.55. The van der Waals surface area contributed by atoms with Crippen LogP contribution in [-0.4, -0.2) is 22.6 Å². The normalized spacial score (nSPS) is 25.3. The summed E-state index contributed by atoms with van der Waals surface area (Å²) in [5.74, 6) is 0.817. The highest BCUT2D eigenvalue weighted by Gasteiger charge is 2.51. The third kappa shape index (κ3) is 1.70. The lowest BCUT2D eigenvalue weighted by Gasteiger charge is -2.43. The zero-order chi connectivity index (χ0) is 16.1. The number of para-hydroxylation sites is 3. The lowest BCUT2D eigenvalue weighted by atomic mass is 9.71. The second-order valence-electron chi connectivity index (χ2n) is 6.84. The molecule has 0 saturated carbocycles. The van der Waals surface area contributed by atoms with E-state index in [0.717, 1.165) is 42.7 Å². The Morgan fingerprint density at radius 2 is 2.00 bits per heavy atom. The maximum absolute atomic E-state index is 10.3. The summed E-state index contributed by atoms with van der Waals surface area (Å²) >= 11 is 0. The molecule has 4 nitrogen and oxygen atoms in total. The zero-order valence-electron chi connectivity index (χ0n) is 13.4. The number of H-pyrrole nitrogens is 1. The van der Waals surface area contributed by atoms with Crippen LogP contribution in [-0.2, 0) is 11.8 Å². The number of nitriles is 1. The third-order valence-corrected chi connectivity index (χ3v) is 5.60. The quantitative estimate of drug-likeness (QED) is 0.747. The van der Waals surface area contributed by atoms with Crippen molar-refractivity contribution in [3.05, 3.63) is 59.9 Å². The van der Waals surface area contributed by atoms with Crippen molar-refractivity contribution in [2.75, 3.05) is 11.4 Å². The Labute approximate surface area is 140 Å². The standard InChI is InChI=1S/C20H18N4/c21-13-20(19-22-15-7-2-3-8-16(15)23-19)12-14-6-1-4-9-17(14)24-11-5-10-18(20)24/h1-4,6-9,18H,5,10-12H2,(H,22,23)/t18-,20-/m1/s1. The predicted molar refractivity (Wildman–Crippen MR) is 93.9 cm³/mol. The molecule has 5 rings (SSSR count). The molecule has 4 heteroatoms. The highest BCUT2D eigenvalue weighted by Crippen LogP contribution is 2.46. The Bertz CT molecular complexity index is 934. The first-order valence-corrected chi connectivity index (χ1v) is 8.53. The van der Waals surface area contributed by atoms with Crippen molar-refractivity contribution in [3.63, 3.8) is 0 Å². The molecule has 0 spiro atoms. The molecule has 1 fully saturated rings. The van der Waals surface area contributed by atoms with Crippen LogP contribution in [0.2, 0.25) is 0 Å². The largest absolute Gasteiger partial charge is 0.366 e. The molecule has 0 unspecified atom stereocenters. The van der Waals surface area contributed by atoms with Crippen LogP contribution in [0.15, 0.2) is 48.5 Å². The van der Waals surface area contributed by atoms with Gasteiger partial charge in [-0.2, -0.15) is 5.26 Å². The molecule has 0 radical (unpaired) electrons. The minimum Gasteiger partial charge on any atom is -0.366 e. The Morgan fingerprint density at radius 3 is 2.88 bits per heavy atom. The highest BCUT2D eigenvalue weighted by molar-refractivity contribution is 5.75. The molecule has 3 heterocycles. The molecule has 2 atom stereocenters. The van der Waals surface area contributed by atoms with Crippen molar-refractivity contribution in [2.45, 2.75) is 30.7 Å². The van der Waals surface area contributed by atoms with Gasteiger partial charge in [-0.15, -0.1) is 0 Å². The van der Waals surface area contributed by atoms with Crippen molar-refractivity contribution in [1.82, 2.24) is 9.97 Å². The van der Waals surface area contributed by atoms with Crippen molar-refractivity contribution in [1.29, 1.82) is 5.26 Å². The maximum atomic E-state index is 10.3. The average Bonchev–Trinajstić information content (AvgIpc) is 3.28. The monoisotopic (exact) mass is 314 g/mol. The molecule has 2 aromatic carbocycles. The van der Waals surface area contributed by atoms with E-state index in [9.17, 15) is 5.26 Å². The second-order valence-corrected chi connectivity index (χ2v) is 6.84. The molecule has 3 aromatic rings. The van der Waals surface area contributed by atoms with Gasteiger partial charge in [-0.3, -0.25) is 0 Å². The summed E-state index contributed by atoms with van der Waals surface area (Å²) in [5, 5.41) is 10.3. The summed E-state index contributed by atoms with van der Waals surface area (Å²) in [4.78, 5) is 10.7. The van der Waals surface area contributed by atoms with E-state index in [-0.39, 0.29) is 6.04 Å². The van der Waals surface area contributed by atoms with Crippen LogP contribution in [0.25, 0.3) is 11.0 Å². The van der Waals surface area contributed by atoms with E-state index in [2.05, 4.69) is 40.2 Å². The second kappa shape index (κ2) is 4.85. The number of aromatic amines is 1. The topological polar surface area (TPSA) is 55.7 Å². The molecular formula is C20H18N4. The molecule has 0 amide bonds. The van der Waals surface area contributed by atoms with Gasteiger partial charge in [-0.1, -0.05) is 30.3 Å². The number of nitrogens with one attached hydrogen (secondary N) is 1. The van der Waals surface area contributed by atoms with Crippen LogP contribution in [0.5, 0.6) is 0 Å². The molecule has 24 heavy (non-hydrogen) atoms. The van der Waals surface area contributed by atoms with Crippen LogP contribution in [0.3, 0.4) is 0 Å². The highest BCUT2D eigenvalue weighted by atomic mass is 15.2. The number of fused-ring (bicyclic) bond motifs is 4. The number of nitrogens with zero attached hydrogens (tertiary/aromatic N) is 3. The number of imidazole rings is 1. The summed E-state index contributed by atoms with van der Waals surface area (Å²) in [6.45, 7) is 1.02. The van der Waals surface area contributed by atoms with E-state index in [1.54, 1.807) is 0 Å². The summed E-state index contributed by atoms with van der Waals surface area (Å²) in [6, 6.07) is 19.4. The number of aromatic nitrogens is 2. The van der Waals surface area contributed by atoms with Gasteiger partial charge in [0.2, 0.25) is 0 Å². The fraction of sp³-hybridized carbons (Fsp3) is 0.300. The van der Waals surface area contributed by atoms with Gasteiger partial charge >= 0.3 is 0 Å². The SMILES string of the molecule is N#C[C@]1(c2nc3ccccc3[nH]2)Cc2ccccc2N2CCC[C@@H]21. The van der Waals surface area contributed by atoms with Gasteiger partial charge in [0.1, 0.15) is 11.2 Å². The third-order valence-electron chi connectivity index (χ3n) is 5.60. The number of hydrogen-bond acceptors (Lipinski definition) is 3. The summed E-state index contributed by atoms with van der Waals surface area (Å²) in [6.07, 6.45) is 2.89. The van der Waals surface area contributed by atoms with Crippen LogP contribution < -0.4 is 4.90 Å². The molecule has 0 bridgehead atoms. The molecule has 1 saturated heterocycles. The summed E-state index contributed by atoms with van der Waals surface area (Å²) in [7, 11) is 0. The minimum absolute atomic E-state index is 0.193. The molecule has 0 aliphatic carbocycles. The van der Waals surface area contributed by atoms with Gasteiger partial charge < -0.3 is 9.88 Å². The fourth-order valence-electron chi connectivity index (χ4n) is 4.50. The van der Waals surface area contributed by atoms with E-state index >= 15 is 0 Å². The molecule has 118 valence electrons. The van der Waals surface area contributed by atoms with Crippen LogP contribution in [0.1, 0.15) is 24.2 Å². The van der Waals surface area contributed by atoms with Crippen molar-refractivity contribution >= 4 is 16.7 Å². The van der Waals surface area contributed by atoms with Crippen molar-refractivity contribution in [2.24, 2.45) is 0 Å². The number of benzene rings is 2. The Balaban J connectivity index is 1.73. The van der Waals surface area contributed by atoms with E-state index in [1.165, 1.54) is 11.3 Å². The van der Waals surface area contributed by atoms with Crippen LogP contribution >= 0.6 is 0 Å². The first-order chi connectivity index (χ1) is 11.8. The first-order valence-electron chi connectivity index (χ1n) is 8.53. The molecule has 1 N–H and O–H groups in total. The maximum Gasteiger partial charge on any atom is 0.139 e. The molecule has 1 aromatic heterocycles. The Kier molecular flexibility index (Phi) is 2.75. The van der Waals surface area contributed by atoms with Gasteiger partial charge in [-0.25, -0.2) is 4.98 Å². The van der Waals surface area contributed by atoms with Gasteiger partial charge in [0.15, 0.2) is 0 Å². The molecular weight excluding hydrogens is 296 g/mol. The van der Waals surface area contributed by atoms with Crippen LogP contribution in [0.4, 0.5) is 5.69 Å². The summed E-state index contributed by atoms with van der Waals surface area (Å²) in [5.41, 5.74) is 3.87. The van der Waals surface area contributed by atoms with Gasteiger partial charge in [0, 0.05) is 18.7 Å². The van der Waals surface area contributed by atoms with Gasteiger partial charge in [-0.05, 0) is 36.6 Å². The minimum atomic E-state index is -0.607. The van der Waals surface area contributed by atoms with Crippen molar-refractivity contribution in [3.8, 4) is 6.07 Å². The first kappa shape index (κ1) is 13.6. The Hall–Kier alpha value is -2.80.